The molecule has 0 amide bonds. The van der Waals surface area contributed by atoms with Crippen molar-refractivity contribution in [3.8, 4) is 0 Å². The molecule has 0 fully saturated rings. The topological polar surface area (TPSA) is 41.0 Å². The highest BCUT2D eigenvalue weighted by Crippen LogP contribution is 2.22. The molecule has 0 aliphatic heterocycles. The Morgan fingerprint density at radius 3 is 2.60 bits per heavy atom. The molecule has 0 saturated heterocycles. The van der Waals surface area contributed by atoms with Crippen LogP contribution in [-0.2, 0) is 0 Å². The van der Waals surface area contributed by atoms with Gasteiger partial charge in [-0.15, -0.1) is 0 Å². The Hall–Kier alpha value is -0.620. The average molecular weight is 315 g/mol. The molecule has 1 atom stereocenters. The van der Waals surface area contributed by atoms with Crippen LogP contribution >= 0.6 is 23.5 Å². The minimum Gasteiger partial charge on any atom is -0.370 e. The van der Waals surface area contributed by atoms with E-state index >= 15 is 0 Å². The van der Waals surface area contributed by atoms with E-state index in [1.165, 1.54) is 0 Å². The molecule has 6 heteroatoms. The first-order chi connectivity index (χ1) is 9.65. The van der Waals surface area contributed by atoms with Crippen molar-refractivity contribution in [2.45, 2.75) is 37.9 Å². The molecule has 4 nitrogen and oxygen atoms in total. The fourth-order valence-corrected chi connectivity index (χ4v) is 3.13. The highest BCUT2D eigenvalue weighted by Gasteiger charge is 2.15. The number of hydrogen-bond donors (Lipinski definition) is 1. The van der Waals surface area contributed by atoms with Crippen molar-refractivity contribution in [1.82, 2.24) is 9.97 Å². The zero-order valence-electron chi connectivity index (χ0n) is 13.1. The number of nitrogens with one attached hydrogen (secondary N) is 1. The molecule has 0 bridgehead atoms. The van der Waals surface area contributed by atoms with Gasteiger partial charge in [0.1, 0.15) is 11.6 Å². The van der Waals surface area contributed by atoms with E-state index in [0.29, 0.717) is 6.04 Å². The van der Waals surface area contributed by atoms with Gasteiger partial charge in [0.25, 0.3) is 0 Å². The summed E-state index contributed by atoms with van der Waals surface area (Å²) in [5.41, 5.74) is 0. The third kappa shape index (κ3) is 5.05. The van der Waals surface area contributed by atoms with Gasteiger partial charge in [0.2, 0.25) is 0 Å². The van der Waals surface area contributed by atoms with Crippen LogP contribution in [0.1, 0.15) is 26.7 Å². The van der Waals surface area contributed by atoms with E-state index in [9.17, 15) is 0 Å². The van der Waals surface area contributed by atoms with Gasteiger partial charge in [-0.05, 0) is 25.4 Å². The van der Waals surface area contributed by atoms with Crippen molar-refractivity contribution in [2.75, 3.05) is 42.1 Å². The number of anilines is 2. The molecule has 1 aromatic heterocycles. The number of thioether (sulfide) groups is 2. The first-order valence-electron chi connectivity index (χ1n) is 7.04. The molecule has 0 aliphatic rings. The summed E-state index contributed by atoms with van der Waals surface area (Å²) in [4.78, 5) is 11.4. The van der Waals surface area contributed by atoms with Crippen LogP contribution in [-0.4, -0.2) is 47.9 Å². The van der Waals surface area contributed by atoms with Crippen LogP contribution in [0.5, 0.6) is 0 Å². The molecule has 0 radical (unpaired) electrons. The highest BCUT2D eigenvalue weighted by molar-refractivity contribution is 7.98. The van der Waals surface area contributed by atoms with Crippen LogP contribution in [0, 0.1) is 0 Å². The van der Waals surface area contributed by atoms with Gasteiger partial charge in [-0.3, -0.25) is 0 Å². The van der Waals surface area contributed by atoms with Crippen LogP contribution in [0.3, 0.4) is 0 Å². The lowest BCUT2D eigenvalue weighted by Gasteiger charge is -2.28. The Kier molecular flexibility index (Phi) is 8.14. The average Bonchev–Trinajstić information content (AvgIpc) is 2.49. The predicted octanol–water partition coefficient (Wildman–Crippen LogP) is 3.60. The normalized spacial score (nSPS) is 12.2. The van der Waals surface area contributed by atoms with Crippen LogP contribution in [0.15, 0.2) is 11.2 Å². The molecule has 1 aromatic rings. The zero-order valence-corrected chi connectivity index (χ0v) is 14.8. The van der Waals surface area contributed by atoms with E-state index in [2.05, 4.69) is 53.4 Å². The summed E-state index contributed by atoms with van der Waals surface area (Å²) in [6, 6.07) is 2.56. The molecular weight excluding hydrogens is 288 g/mol. The summed E-state index contributed by atoms with van der Waals surface area (Å²) < 4.78 is 0. The summed E-state index contributed by atoms with van der Waals surface area (Å²) in [5.74, 6) is 3.04. The van der Waals surface area contributed by atoms with Gasteiger partial charge < -0.3 is 10.2 Å². The fraction of sp³-hybridized carbons (Fsp3) is 0.714. The molecule has 1 heterocycles. The summed E-state index contributed by atoms with van der Waals surface area (Å²) >= 11 is 3.47. The fourth-order valence-electron chi connectivity index (χ4n) is 1.91. The molecule has 1 unspecified atom stereocenters. The minimum atomic E-state index is 0.508. The van der Waals surface area contributed by atoms with Crippen LogP contribution < -0.4 is 10.2 Å². The Labute approximate surface area is 131 Å². The first-order valence-corrected chi connectivity index (χ1v) is 9.66. The second-order valence-corrected chi connectivity index (χ2v) is 6.34. The summed E-state index contributed by atoms with van der Waals surface area (Å²) in [7, 11) is 2.13. The summed E-state index contributed by atoms with van der Waals surface area (Å²) in [5, 5.41) is 4.18. The Balaban J connectivity index is 2.96. The van der Waals surface area contributed by atoms with Gasteiger partial charge in [0.05, 0.1) is 0 Å². The molecule has 0 saturated carbocycles. The first kappa shape index (κ1) is 17.4. The number of hydrogen-bond acceptors (Lipinski definition) is 6. The van der Waals surface area contributed by atoms with Gasteiger partial charge in [-0.1, -0.05) is 25.6 Å². The summed E-state index contributed by atoms with van der Waals surface area (Å²) in [6.45, 7) is 5.32. The second kappa shape index (κ2) is 9.34. The van der Waals surface area contributed by atoms with Gasteiger partial charge in [0, 0.05) is 31.5 Å². The molecule has 0 aromatic carbocycles. The largest absolute Gasteiger partial charge is 0.370 e. The molecule has 114 valence electrons. The van der Waals surface area contributed by atoms with E-state index in [0.717, 1.165) is 41.9 Å². The van der Waals surface area contributed by atoms with Crippen molar-refractivity contribution in [3.05, 3.63) is 6.07 Å². The quantitative estimate of drug-likeness (QED) is 0.555. The number of rotatable bonds is 9. The molecule has 0 spiro atoms. The third-order valence-electron chi connectivity index (χ3n) is 3.17. The molecular formula is C14H26N4S2. The standard InChI is InChI=1S/C14H26N4S2/c1-6-8-15-12-9-13(17-14(16-12)20-5)18(3)11(7-2)10-19-4/h9,11H,6-8,10H2,1-5H3,(H,15,16,17). The lowest BCUT2D eigenvalue weighted by molar-refractivity contribution is 0.661. The van der Waals surface area contributed by atoms with E-state index in [-0.39, 0.29) is 0 Å². The lowest BCUT2D eigenvalue weighted by atomic mass is 10.2. The van der Waals surface area contributed by atoms with E-state index in [1.54, 1.807) is 11.8 Å². The van der Waals surface area contributed by atoms with Crippen molar-refractivity contribution >= 4 is 35.2 Å². The third-order valence-corrected chi connectivity index (χ3v) is 4.44. The van der Waals surface area contributed by atoms with Crippen molar-refractivity contribution < 1.29 is 0 Å². The smallest absolute Gasteiger partial charge is 0.191 e. The highest BCUT2D eigenvalue weighted by atomic mass is 32.2. The second-order valence-electron chi connectivity index (χ2n) is 4.65. The Bertz CT molecular complexity index is 401. The van der Waals surface area contributed by atoms with Crippen LogP contribution in [0.2, 0.25) is 0 Å². The van der Waals surface area contributed by atoms with Crippen LogP contribution in [0.4, 0.5) is 11.6 Å². The Morgan fingerprint density at radius 1 is 1.30 bits per heavy atom. The maximum atomic E-state index is 4.64. The SMILES string of the molecule is CCCNc1cc(N(C)C(CC)CSC)nc(SC)n1. The maximum Gasteiger partial charge on any atom is 0.191 e. The molecule has 1 N–H and O–H groups in total. The van der Waals surface area contributed by atoms with Gasteiger partial charge in [-0.2, -0.15) is 11.8 Å². The van der Waals surface area contributed by atoms with Gasteiger partial charge in [-0.25, -0.2) is 9.97 Å². The van der Waals surface area contributed by atoms with E-state index in [1.807, 2.05) is 18.0 Å². The monoisotopic (exact) mass is 314 g/mol. The van der Waals surface area contributed by atoms with E-state index in [4.69, 9.17) is 0 Å². The van der Waals surface area contributed by atoms with Crippen LogP contribution in [0.25, 0.3) is 0 Å². The molecule has 1 rings (SSSR count). The number of nitrogens with zero attached hydrogens (tertiary/aromatic N) is 3. The van der Waals surface area contributed by atoms with Crippen molar-refractivity contribution in [3.63, 3.8) is 0 Å². The predicted molar refractivity (Wildman–Crippen MR) is 93.5 cm³/mol. The molecule has 0 aliphatic carbocycles. The number of aromatic nitrogens is 2. The van der Waals surface area contributed by atoms with Gasteiger partial charge in [0.15, 0.2) is 5.16 Å². The Morgan fingerprint density at radius 2 is 2.05 bits per heavy atom. The maximum absolute atomic E-state index is 4.64. The summed E-state index contributed by atoms with van der Waals surface area (Å²) in [6.07, 6.45) is 6.38. The molecule has 20 heavy (non-hydrogen) atoms. The van der Waals surface area contributed by atoms with E-state index < -0.39 is 0 Å². The van der Waals surface area contributed by atoms with Crippen molar-refractivity contribution in [2.24, 2.45) is 0 Å². The lowest BCUT2D eigenvalue weighted by Crippen LogP contribution is -2.34. The zero-order chi connectivity index (χ0) is 15.0. The van der Waals surface area contributed by atoms with Gasteiger partial charge >= 0.3 is 0 Å². The van der Waals surface area contributed by atoms with Crippen molar-refractivity contribution in [1.29, 1.82) is 0 Å². The minimum absolute atomic E-state index is 0.508.